The second kappa shape index (κ2) is 4.98. The van der Waals surface area contributed by atoms with Crippen LogP contribution in [0.2, 0.25) is 0 Å². The Hall–Kier alpha value is -1.06. The molecule has 0 saturated heterocycles. The predicted molar refractivity (Wildman–Crippen MR) is 56.4 cm³/mol. The van der Waals surface area contributed by atoms with Crippen LogP contribution < -0.4 is 10.5 Å². The molecule has 0 heterocycles. The van der Waals surface area contributed by atoms with E-state index >= 15 is 0 Å². The van der Waals surface area contributed by atoms with Gasteiger partial charge in [0, 0.05) is 12.6 Å². The van der Waals surface area contributed by atoms with Crippen LogP contribution in [0.1, 0.15) is 23.6 Å². The first-order chi connectivity index (χ1) is 6.69. The summed E-state index contributed by atoms with van der Waals surface area (Å²) in [6, 6.07) is 5.70. The first-order valence-corrected chi connectivity index (χ1v) is 4.70. The van der Waals surface area contributed by atoms with E-state index in [1.54, 1.807) is 7.11 Å². The summed E-state index contributed by atoms with van der Waals surface area (Å²) in [7, 11) is 1.64. The number of nitrogens with two attached hydrogens (primary N) is 1. The molecule has 3 heteroatoms. The van der Waals surface area contributed by atoms with Gasteiger partial charge in [-0.15, -0.1) is 0 Å². The van der Waals surface area contributed by atoms with Crippen LogP contribution in [0.15, 0.2) is 18.2 Å². The molecule has 3 nitrogen and oxygen atoms in total. The molecule has 0 fully saturated rings. The van der Waals surface area contributed by atoms with Gasteiger partial charge in [0.1, 0.15) is 5.75 Å². The van der Waals surface area contributed by atoms with Crippen LogP contribution in [0.5, 0.6) is 5.75 Å². The van der Waals surface area contributed by atoms with Crippen molar-refractivity contribution < 1.29 is 9.84 Å². The fourth-order valence-corrected chi connectivity index (χ4v) is 1.49. The maximum absolute atomic E-state index is 8.78. The van der Waals surface area contributed by atoms with E-state index in [4.69, 9.17) is 15.6 Å². The van der Waals surface area contributed by atoms with Gasteiger partial charge in [0.05, 0.1) is 7.11 Å². The van der Waals surface area contributed by atoms with Crippen LogP contribution in [0.25, 0.3) is 0 Å². The summed E-state index contributed by atoms with van der Waals surface area (Å²) in [5, 5.41) is 8.78. The molecule has 0 spiro atoms. The molecule has 0 aromatic heterocycles. The van der Waals surface area contributed by atoms with E-state index in [1.807, 2.05) is 25.1 Å². The van der Waals surface area contributed by atoms with Crippen molar-refractivity contribution >= 4 is 0 Å². The second-order valence-corrected chi connectivity index (χ2v) is 3.34. The lowest BCUT2D eigenvalue weighted by molar-refractivity contribution is 0.276. The third-order valence-electron chi connectivity index (χ3n) is 2.32. The number of hydrogen-bond acceptors (Lipinski definition) is 3. The van der Waals surface area contributed by atoms with Crippen LogP contribution in [-0.4, -0.2) is 18.8 Å². The molecule has 1 unspecified atom stereocenters. The molecule has 1 rings (SSSR count). The number of rotatable bonds is 4. The standard InChI is InChI=1S/C11H17NO2/c1-8-7-9(14-2)3-4-10(8)11(12)5-6-13/h3-4,7,11,13H,5-6,12H2,1-2H3. The normalized spacial score (nSPS) is 12.6. The maximum atomic E-state index is 8.78. The third-order valence-corrected chi connectivity index (χ3v) is 2.32. The smallest absolute Gasteiger partial charge is 0.119 e. The van der Waals surface area contributed by atoms with Gasteiger partial charge in [-0.1, -0.05) is 6.07 Å². The molecule has 1 aromatic carbocycles. The molecular weight excluding hydrogens is 178 g/mol. The van der Waals surface area contributed by atoms with Crippen LogP contribution in [0.4, 0.5) is 0 Å². The molecule has 78 valence electrons. The number of aryl methyl sites for hydroxylation is 1. The molecule has 0 aliphatic heterocycles. The molecule has 0 radical (unpaired) electrons. The second-order valence-electron chi connectivity index (χ2n) is 3.34. The highest BCUT2D eigenvalue weighted by Crippen LogP contribution is 2.22. The molecule has 0 aliphatic carbocycles. The lowest BCUT2D eigenvalue weighted by atomic mass is 9.99. The van der Waals surface area contributed by atoms with Crippen molar-refractivity contribution in [2.24, 2.45) is 5.73 Å². The number of ether oxygens (including phenoxy) is 1. The van der Waals surface area contributed by atoms with Crippen molar-refractivity contribution in [1.82, 2.24) is 0 Å². The van der Waals surface area contributed by atoms with Crippen molar-refractivity contribution in [3.05, 3.63) is 29.3 Å². The fraction of sp³-hybridized carbons (Fsp3) is 0.455. The third kappa shape index (κ3) is 2.47. The van der Waals surface area contributed by atoms with E-state index in [9.17, 15) is 0 Å². The summed E-state index contributed by atoms with van der Waals surface area (Å²) in [6.07, 6.45) is 0.590. The predicted octanol–water partition coefficient (Wildman–Crippen LogP) is 1.39. The fourth-order valence-electron chi connectivity index (χ4n) is 1.49. The first-order valence-electron chi connectivity index (χ1n) is 4.70. The van der Waals surface area contributed by atoms with Crippen molar-refractivity contribution in [3.8, 4) is 5.75 Å². The zero-order valence-corrected chi connectivity index (χ0v) is 8.66. The average molecular weight is 195 g/mol. The minimum absolute atomic E-state index is 0.0918. The number of aliphatic hydroxyl groups excluding tert-OH is 1. The van der Waals surface area contributed by atoms with Crippen LogP contribution >= 0.6 is 0 Å². The lowest BCUT2D eigenvalue weighted by Crippen LogP contribution is -2.13. The molecule has 14 heavy (non-hydrogen) atoms. The summed E-state index contributed by atoms with van der Waals surface area (Å²) in [6.45, 7) is 2.11. The Balaban J connectivity index is 2.88. The van der Waals surface area contributed by atoms with Gasteiger partial charge >= 0.3 is 0 Å². The Morgan fingerprint density at radius 3 is 2.71 bits per heavy atom. The zero-order chi connectivity index (χ0) is 10.6. The van der Waals surface area contributed by atoms with Crippen molar-refractivity contribution in [3.63, 3.8) is 0 Å². The van der Waals surface area contributed by atoms with E-state index in [-0.39, 0.29) is 12.6 Å². The highest BCUT2D eigenvalue weighted by Gasteiger charge is 2.08. The van der Waals surface area contributed by atoms with Gasteiger partial charge in [-0.2, -0.15) is 0 Å². The Morgan fingerprint density at radius 1 is 1.50 bits per heavy atom. The molecule has 1 atom stereocenters. The molecule has 3 N–H and O–H groups in total. The van der Waals surface area contributed by atoms with E-state index in [0.717, 1.165) is 16.9 Å². The highest BCUT2D eigenvalue weighted by molar-refractivity contribution is 5.36. The van der Waals surface area contributed by atoms with Crippen LogP contribution in [-0.2, 0) is 0 Å². The average Bonchev–Trinajstić information content (AvgIpc) is 2.17. The SMILES string of the molecule is COc1ccc(C(N)CCO)c(C)c1. The van der Waals surface area contributed by atoms with Crippen LogP contribution in [0.3, 0.4) is 0 Å². The van der Waals surface area contributed by atoms with Gasteiger partial charge in [-0.05, 0) is 36.6 Å². The molecule has 0 bridgehead atoms. The van der Waals surface area contributed by atoms with Gasteiger partial charge in [0.25, 0.3) is 0 Å². The highest BCUT2D eigenvalue weighted by atomic mass is 16.5. The largest absolute Gasteiger partial charge is 0.497 e. The van der Waals surface area contributed by atoms with Gasteiger partial charge in [-0.25, -0.2) is 0 Å². The summed E-state index contributed by atoms with van der Waals surface area (Å²) >= 11 is 0. The van der Waals surface area contributed by atoms with Crippen molar-refractivity contribution in [2.75, 3.05) is 13.7 Å². The summed E-state index contributed by atoms with van der Waals surface area (Å²) in [5.41, 5.74) is 8.07. The lowest BCUT2D eigenvalue weighted by Gasteiger charge is -2.14. The number of hydrogen-bond donors (Lipinski definition) is 2. The van der Waals surface area contributed by atoms with E-state index in [1.165, 1.54) is 0 Å². The number of methoxy groups -OCH3 is 1. The Kier molecular flexibility index (Phi) is 3.92. The summed E-state index contributed by atoms with van der Waals surface area (Å²) < 4.78 is 5.10. The summed E-state index contributed by atoms with van der Waals surface area (Å²) in [5.74, 6) is 0.836. The van der Waals surface area contributed by atoms with Gasteiger partial charge in [-0.3, -0.25) is 0 Å². The molecule has 0 saturated carbocycles. The van der Waals surface area contributed by atoms with E-state index in [0.29, 0.717) is 6.42 Å². The van der Waals surface area contributed by atoms with Gasteiger partial charge in [0.2, 0.25) is 0 Å². The van der Waals surface area contributed by atoms with Crippen molar-refractivity contribution in [1.29, 1.82) is 0 Å². The van der Waals surface area contributed by atoms with Crippen LogP contribution in [0, 0.1) is 6.92 Å². The number of benzene rings is 1. The van der Waals surface area contributed by atoms with E-state index < -0.39 is 0 Å². The molecular formula is C11H17NO2. The first kappa shape index (κ1) is 11.0. The molecule has 1 aromatic rings. The minimum Gasteiger partial charge on any atom is -0.497 e. The Morgan fingerprint density at radius 2 is 2.21 bits per heavy atom. The van der Waals surface area contributed by atoms with Gasteiger partial charge < -0.3 is 15.6 Å². The Labute approximate surface area is 84.5 Å². The quantitative estimate of drug-likeness (QED) is 0.763. The maximum Gasteiger partial charge on any atom is 0.119 e. The number of aliphatic hydroxyl groups is 1. The molecule has 0 aliphatic rings. The molecule has 0 amide bonds. The monoisotopic (exact) mass is 195 g/mol. The Bertz CT molecular complexity index is 299. The van der Waals surface area contributed by atoms with E-state index in [2.05, 4.69) is 0 Å². The zero-order valence-electron chi connectivity index (χ0n) is 8.66. The van der Waals surface area contributed by atoms with Gasteiger partial charge in [0.15, 0.2) is 0 Å². The minimum atomic E-state index is -0.0918. The summed E-state index contributed by atoms with van der Waals surface area (Å²) in [4.78, 5) is 0. The van der Waals surface area contributed by atoms with Crippen molar-refractivity contribution in [2.45, 2.75) is 19.4 Å². The topological polar surface area (TPSA) is 55.5 Å².